The Morgan fingerprint density at radius 1 is 1.28 bits per heavy atom. The predicted molar refractivity (Wildman–Crippen MR) is 112 cm³/mol. The fourth-order valence-corrected chi connectivity index (χ4v) is 3.24. The van der Waals surface area contributed by atoms with E-state index in [-0.39, 0.29) is 12.0 Å². The van der Waals surface area contributed by atoms with E-state index in [2.05, 4.69) is 42.1 Å². The van der Waals surface area contributed by atoms with E-state index in [0.29, 0.717) is 24.8 Å². The highest BCUT2D eigenvalue weighted by Crippen LogP contribution is 2.23. The van der Waals surface area contributed by atoms with E-state index in [1.807, 2.05) is 33.3 Å². The summed E-state index contributed by atoms with van der Waals surface area (Å²) in [6.07, 6.45) is 11.6. The van der Waals surface area contributed by atoms with Gasteiger partial charge in [-0.1, -0.05) is 6.08 Å². The zero-order valence-electron chi connectivity index (χ0n) is 16.9. The maximum absolute atomic E-state index is 6.03. The molecule has 0 aromatic carbocycles. The van der Waals surface area contributed by atoms with E-state index in [1.165, 1.54) is 0 Å². The number of rotatable bonds is 7. The molecule has 4 rings (SSSR count). The third kappa shape index (κ3) is 4.29. The largest absolute Gasteiger partial charge is 0.381 e. The van der Waals surface area contributed by atoms with Gasteiger partial charge < -0.3 is 20.4 Å². The summed E-state index contributed by atoms with van der Waals surface area (Å²) in [5.74, 6) is 2.20. The summed E-state index contributed by atoms with van der Waals surface area (Å²) in [5.41, 5.74) is 8.75. The lowest BCUT2D eigenvalue weighted by molar-refractivity contribution is 0.0614. The molecular formula is C20H26N8O. The van der Waals surface area contributed by atoms with E-state index in [4.69, 9.17) is 10.5 Å². The quantitative estimate of drug-likeness (QED) is 0.633. The molecule has 0 saturated heterocycles. The SMILES string of the molecule is CC(C)OCc1cnc2n1CC(CNc1nc(-c3cnn(C)c3)cnc1N)C=C2. The minimum absolute atomic E-state index is 0.186. The van der Waals surface area contributed by atoms with Crippen LogP contribution >= 0.6 is 0 Å². The minimum atomic E-state index is 0.186. The van der Waals surface area contributed by atoms with Crippen LogP contribution in [0, 0.1) is 5.92 Å². The number of nitrogens with one attached hydrogen (secondary N) is 1. The summed E-state index contributed by atoms with van der Waals surface area (Å²) < 4.78 is 9.68. The zero-order valence-corrected chi connectivity index (χ0v) is 16.9. The Morgan fingerprint density at radius 2 is 2.14 bits per heavy atom. The average molecular weight is 394 g/mol. The highest BCUT2D eigenvalue weighted by Gasteiger charge is 2.18. The number of imidazole rings is 1. The first-order valence-corrected chi connectivity index (χ1v) is 9.69. The highest BCUT2D eigenvalue weighted by molar-refractivity contribution is 5.64. The molecule has 9 heteroatoms. The van der Waals surface area contributed by atoms with Crippen molar-refractivity contribution in [1.29, 1.82) is 0 Å². The maximum atomic E-state index is 6.03. The molecule has 9 nitrogen and oxygen atoms in total. The smallest absolute Gasteiger partial charge is 0.169 e. The second-order valence-corrected chi connectivity index (χ2v) is 7.47. The van der Waals surface area contributed by atoms with E-state index >= 15 is 0 Å². The number of aryl methyl sites for hydroxylation is 1. The number of nitrogen functional groups attached to an aromatic ring is 1. The summed E-state index contributed by atoms with van der Waals surface area (Å²) in [5, 5.41) is 7.53. The Balaban J connectivity index is 1.43. The molecular weight excluding hydrogens is 368 g/mol. The molecule has 0 amide bonds. The second-order valence-electron chi connectivity index (χ2n) is 7.47. The van der Waals surface area contributed by atoms with Gasteiger partial charge in [0.2, 0.25) is 0 Å². The molecule has 29 heavy (non-hydrogen) atoms. The summed E-state index contributed by atoms with van der Waals surface area (Å²) in [4.78, 5) is 13.4. The molecule has 0 saturated carbocycles. The van der Waals surface area contributed by atoms with Crippen LogP contribution in [0.1, 0.15) is 25.4 Å². The van der Waals surface area contributed by atoms with Gasteiger partial charge in [0.1, 0.15) is 5.82 Å². The van der Waals surface area contributed by atoms with Crippen LogP contribution < -0.4 is 11.1 Å². The number of anilines is 2. The highest BCUT2D eigenvalue weighted by atomic mass is 16.5. The van der Waals surface area contributed by atoms with Gasteiger partial charge in [-0.2, -0.15) is 5.10 Å². The van der Waals surface area contributed by atoms with Crippen LogP contribution in [0.2, 0.25) is 0 Å². The van der Waals surface area contributed by atoms with Gasteiger partial charge in [0, 0.05) is 37.8 Å². The monoisotopic (exact) mass is 394 g/mol. The average Bonchev–Trinajstić information content (AvgIpc) is 3.31. The molecule has 3 N–H and O–H groups in total. The number of aromatic nitrogens is 6. The lowest BCUT2D eigenvalue weighted by Gasteiger charge is -2.22. The summed E-state index contributed by atoms with van der Waals surface area (Å²) >= 11 is 0. The van der Waals surface area contributed by atoms with Crippen molar-refractivity contribution in [2.75, 3.05) is 17.6 Å². The standard InChI is InChI=1S/C20H26N8O/c1-13(2)29-12-16-8-22-18-5-4-14(10-28(16)18)6-24-20-19(21)23-9-17(26-20)15-7-25-27(3)11-15/h4-5,7-9,11,13-14H,6,10,12H2,1-3H3,(H2,21,23)(H,24,26). The van der Waals surface area contributed by atoms with Gasteiger partial charge in [-0.25, -0.2) is 15.0 Å². The molecule has 1 aliphatic rings. The number of nitrogens with two attached hydrogens (primary N) is 1. The molecule has 1 unspecified atom stereocenters. The van der Waals surface area contributed by atoms with Crippen molar-refractivity contribution in [3.63, 3.8) is 0 Å². The molecule has 0 bridgehead atoms. The number of hydrogen-bond donors (Lipinski definition) is 2. The third-order valence-corrected chi connectivity index (χ3v) is 4.80. The van der Waals surface area contributed by atoms with Gasteiger partial charge in [0.25, 0.3) is 0 Å². The topological polar surface area (TPSA) is 109 Å². The van der Waals surface area contributed by atoms with Crippen LogP contribution in [-0.4, -0.2) is 41.9 Å². The van der Waals surface area contributed by atoms with Gasteiger partial charge in [-0.05, 0) is 19.9 Å². The van der Waals surface area contributed by atoms with Crippen LogP contribution in [0.15, 0.2) is 30.9 Å². The molecule has 152 valence electrons. The Bertz CT molecular complexity index is 1020. The van der Waals surface area contributed by atoms with Crippen molar-refractivity contribution in [2.24, 2.45) is 13.0 Å². The van der Waals surface area contributed by atoms with Gasteiger partial charge in [0.15, 0.2) is 11.6 Å². The predicted octanol–water partition coefficient (Wildman–Crippen LogP) is 2.34. The van der Waals surface area contributed by atoms with Crippen molar-refractivity contribution >= 4 is 17.7 Å². The van der Waals surface area contributed by atoms with E-state index < -0.39 is 0 Å². The Kier molecular flexibility index (Phi) is 5.30. The summed E-state index contributed by atoms with van der Waals surface area (Å²) in [7, 11) is 1.87. The number of hydrogen-bond acceptors (Lipinski definition) is 7. The van der Waals surface area contributed by atoms with Crippen molar-refractivity contribution in [1.82, 2.24) is 29.3 Å². The van der Waals surface area contributed by atoms with Crippen molar-refractivity contribution < 1.29 is 4.74 Å². The number of ether oxygens (including phenoxy) is 1. The molecule has 0 radical (unpaired) electrons. The lowest BCUT2D eigenvalue weighted by atomic mass is 10.1. The van der Waals surface area contributed by atoms with Crippen molar-refractivity contribution in [2.45, 2.75) is 33.1 Å². The van der Waals surface area contributed by atoms with E-state index in [0.717, 1.165) is 29.3 Å². The molecule has 1 atom stereocenters. The number of fused-ring (bicyclic) bond motifs is 1. The van der Waals surface area contributed by atoms with Crippen molar-refractivity contribution in [3.8, 4) is 11.3 Å². The van der Waals surface area contributed by atoms with Gasteiger partial charge in [-0.3, -0.25) is 4.68 Å². The van der Waals surface area contributed by atoms with Gasteiger partial charge in [0.05, 0.1) is 42.7 Å². The van der Waals surface area contributed by atoms with Gasteiger partial charge in [-0.15, -0.1) is 0 Å². The van der Waals surface area contributed by atoms with Crippen LogP contribution in [0.3, 0.4) is 0 Å². The molecule has 3 aromatic rings. The summed E-state index contributed by atoms with van der Waals surface area (Å²) in [6.45, 7) is 6.14. The van der Waals surface area contributed by atoms with Crippen LogP contribution in [0.25, 0.3) is 17.3 Å². The molecule has 0 aliphatic carbocycles. The first-order chi connectivity index (χ1) is 14.0. The summed E-state index contributed by atoms with van der Waals surface area (Å²) in [6, 6.07) is 0. The van der Waals surface area contributed by atoms with Crippen LogP contribution in [0.4, 0.5) is 11.6 Å². The fraction of sp³-hybridized carbons (Fsp3) is 0.400. The molecule has 0 fully saturated rings. The third-order valence-electron chi connectivity index (χ3n) is 4.80. The Labute approximate surface area is 169 Å². The second kappa shape index (κ2) is 8.04. The fourth-order valence-electron chi connectivity index (χ4n) is 3.24. The zero-order chi connectivity index (χ0) is 20.4. The molecule has 3 aromatic heterocycles. The normalized spacial score (nSPS) is 15.7. The Morgan fingerprint density at radius 3 is 2.90 bits per heavy atom. The first-order valence-electron chi connectivity index (χ1n) is 9.69. The molecule has 4 heterocycles. The molecule has 1 aliphatic heterocycles. The van der Waals surface area contributed by atoms with Crippen molar-refractivity contribution in [3.05, 3.63) is 42.4 Å². The van der Waals surface area contributed by atoms with Gasteiger partial charge >= 0.3 is 0 Å². The molecule has 0 spiro atoms. The first kappa shape index (κ1) is 19.1. The maximum Gasteiger partial charge on any atom is 0.169 e. The number of nitrogens with zero attached hydrogens (tertiary/aromatic N) is 6. The lowest BCUT2D eigenvalue weighted by Crippen LogP contribution is -2.23. The minimum Gasteiger partial charge on any atom is -0.381 e. The van der Waals surface area contributed by atoms with E-state index in [1.54, 1.807) is 17.1 Å². The Hall–Kier alpha value is -3.20. The van der Waals surface area contributed by atoms with E-state index in [9.17, 15) is 0 Å². The van der Waals surface area contributed by atoms with Crippen LogP contribution in [-0.2, 0) is 24.9 Å². The van der Waals surface area contributed by atoms with Crippen LogP contribution in [0.5, 0.6) is 0 Å².